The number of benzene rings is 2. The van der Waals surface area contributed by atoms with Crippen molar-refractivity contribution in [2.45, 2.75) is 57.3 Å². The summed E-state index contributed by atoms with van der Waals surface area (Å²) in [6.07, 6.45) is 8.58. The van der Waals surface area contributed by atoms with E-state index in [1.54, 1.807) is 18.2 Å². The van der Waals surface area contributed by atoms with E-state index in [-0.39, 0.29) is 28.9 Å². The molecular weight excluding hydrogens is 649 g/mol. The lowest BCUT2D eigenvalue weighted by Crippen LogP contribution is -2.44. The summed E-state index contributed by atoms with van der Waals surface area (Å²) < 4.78 is 25.0. The lowest BCUT2D eigenvalue weighted by Gasteiger charge is -2.30. The number of nitrogens with zero attached hydrogens (tertiary/aromatic N) is 6. The zero-order valence-corrected chi connectivity index (χ0v) is 28.2. The largest absolute Gasteiger partial charge is 0.508 e. The fourth-order valence-electron chi connectivity index (χ4n) is 7.64. The molecule has 6 aromatic rings. The molecule has 0 unspecified atom stereocenters. The van der Waals surface area contributed by atoms with Crippen LogP contribution in [0.4, 0.5) is 4.39 Å². The van der Waals surface area contributed by atoms with Crippen LogP contribution in [0.1, 0.15) is 49.5 Å². The molecule has 1 aliphatic heterocycles. The number of nitrogens with one attached hydrogen (secondary N) is 1. The Morgan fingerprint density at radius 1 is 0.922 bits per heavy atom. The van der Waals surface area contributed by atoms with Gasteiger partial charge in [0.1, 0.15) is 17.4 Å². The lowest BCUT2D eigenvalue weighted by atomic mass is 9.91. The molecule has 0 radical (unpaired) electrons. The first kappa shape index (κ1) is 33.0. The molecule has 12 heteroatoms. The molecule has 51 heavy (non-hydrogen) atoms. The predicted molar refractivity (Wildman–Crippen MR) is 193 cm³/mol. The summed E-state index contributed by atoms with van der Waals surface area (Å²) >= 11 is 0. The quantitative estimate of drug-likeness (QED) is 0.224. The van der Waals surface area contributed by atoms with Crippen LogP contribution in [0.2, 0.25) is 0 Å². The molecule has 0 spiro atoms. The summed E-state index contributed by atoms with van der Waals surface area (Å²) in [5, 5.41) is 14.1. The van der Waals surface area contributed by atoms with Gasteiger partial charge in [-0.15, -0.1) is 0 Å². The van der Waals surface area contributed by atoms with Gasteiger partial charge in [0.15, 0.2) is 5.65 Å². The molecule has 0 amide bonds. The van der Waals surface area contributed by atoms with Gasteiger partial charge in [0.05, 0.1) is 42.1 Å². The van der Waals surface area contributed by atoms with Gasteiger partial charge in [0.2, 0.25) is 0 Å². The fraction of sp³-hybridized carbons (Fsp3) is 0.333. The minimum absolute atomic E-state index is 0.0557. The van der Waals surface area contributed by atoms with Gasteiger partial charge in [-0.05, 0) is 91.3 Å². The van der Waals surface area contributed by atoms with Crippen molar-refractivity contribution in [2.75, 3.05) is 26.3 Å². The first-order valence-corrected chi connectivity index (χ1v) is 17.6. The van der Waals surface area contributed by atoms with Gasteiger partial charge in [-0.25, -0.2) is 23.7 Å². The van der Waals surface area contributed by atoms with E-state index in [1.165, 1.54) is 15.2 Å². The number of aromatic nitrogens is 5. The molecule has 1 saturated carbocycles. The Morgan fingerprint density at radius 2 is 1.80 bits per heavy atom. The molecule has 2 fully saturated rings. The molecule has 0 bridgehead atoms. The van der Waals surface area contributed by atoms with Crippen LogP contribution in [0, 0.1) is 5.82 Å². The molecule has 8 rings (SSSR count). The smallest absolute Gasteiger partial charge is 0.337 e. The van der Waals surface area contributed by atoms with E-state index in [0.717, 1.165) is 73.2 Å². The Balaban J connectivity index is 1.10. The average molecular weight is 690 g/mol. The second kappa shape index (κ2) is 14.2. The van der Waals surface area contributed by atoms with Crippen molar-refractivity contribution < 1.29 is 14.2 Å². The minimum atomic E-state index is -0.642. The van der Waals surface area contributed by atoms with Crippen LogP contribution >= 0.6 is 0 Å². The Hall–Kier alpha value is -5.17. The third kappa shape index (κ3) is 6.69. The Bertz CT molecular complexity index is 2320. The van der Waals surface area contributed by atoms with Crippen molar-refractivity contribution in [3.05, 3.63) is 123 Å². The van der Waals surface area contributed by atoms with E-state index < -0.39 is 17.1 Å². The zero-order valence-electron chi connectivity index (χ0n) is 28.2. The molecule has 11 nitrogen and oxygen atoms in total. The number of ether oxygens (including phenoxy) is 1. The molecule has 262 valence electrons. The topological polar surface area (TPSA) is 119 Å². The van der Waals surface area contributed by atoms with E-state index in [1.807, 2.05) is 54.9 Å². The normalized spacial score (nSPS) is 18.7. The number of imidazole rings is 1. The summed E-state index contributed by atoms with van der Waals surface area (Å²) in [6.45, 7) is 4.30. The third-order valence-electron chi connectivity index (χ3n) is 10.2. The Morgan fingerprint density at radius 3 is 2.69 bits per heavy atom. The number of aromatic hydroxyl groups is 1. The van der Waals surface area contributed by atoms with Crippen molar-refractivity contribution in [2.24, 2.45) is 0 Å². The predicted octanol–water partition coefficient (Wildman–Crippen LogP) is 5.20. The van der Waals surface area contributed by atoms with Crippen LogP contribution < -0.4 is 16.6 Å². The highest BCUT2D eigenvalue weighted by Crippen LogP contribution is 2.31. The second-order valence-electron chi connectivity index (χ2n) is 13.5. The highest BCUT2D eigenvalue weighted by Gasteiger charge is 2.27. The van der Waals surface area contributed by atoms with Gasteiger partial charge >= 0.3 is 5.69 Å². The summed E-state index contributed by atoms with van der Waals surface area (Å²) in [5.74, 6) is 0.461. The minimum Gasteiger partial charge on any atom is -0.508 e. The number of hydrogen-bond donors (Lipinski definition) is 2. The summed E-state index contributed by atoms with van der Waals surface area (Å²) in [4.78, 5) is 39.5. The van der Waals surface area contributed by atoms with Crippen LogP contribution in [0.15, 0.2) is 94.9 Å². The highest BCUT2D eigenvalue weighted by molar-refractivity contribution is 5.77. The first-order chi connectivity index (χ1) is 24.9. The first-order valence-electron chi connectivity index (χ1n) is 17.6. The van der Waals surface area contributed by atoms with Crippen LogP contribution in [0.5, 0.6) is 5.75 Å². The number of phenolic OH excluding ortho intramolecular Hbond substituents is 1. The van der Waals surface area contributed by atoms with Crippen LogP contribution in [-0.2, 0) is 17.8 Å². The van der Waals surface area contributed by atoms with Gasteiger partial charge in [-0.2, -0.15) is 0 Å². The molecule has 0 atom stereocenters. The van der Waals surface area contributed by atoms with Crippen molar-refractivity contribution in [3.8, 4) is 22.6 Å². The van der Waals surface area contributed by atoms with Gasteiger partial charge in [-0.1, -0.05) is 24.3 Å². The number of phenols is 1. The van der Waals surface area contributed by atoms with E-state index in [0.29, 0.717) is 38.2 Å². The second-order valence-corrected chi connectivity index (χ2v) is 13.5. The van der Waals surface area contributed by atoms with Crippen molar-refractivity contribution in [1.29, 1.82) is 0 Å². The van der Waals surface area contributed by atoms with E-state index >= 15 is 0 Å². The molecule has 1 aliphatic carbocycles. The van der Waals surface area contributed by atoms with E-state index in [2.05, 4.69) is 24.6 Å². The number of hydrogen-bond acceptors (Lipinski definition) is 8. The standard InChI is InChI=1S/C39H40FN7O4/c40-28-21-35-37(43-22-28)46(31-7-3-5-26(19-31)34-13-12-33(48)20-27(34)25-44-14-4-17-51-18-16-44)39(50)47(38(35)49)30-10-8-29(9-11-30)41-24-36-42-23-32-6-1-2-15-45(32)36/h1-3,5-7,12-13,15,19-23,29-30,41,48H,4,8-11,14,16-18,24-25H2/t29-,30+. The van der Waals surface area contributed by atoms with Gasteiger partial charge in [0, 0.05) is 44.5 Å². The van der Waals surface area contributed by atoms with Gasteiger partial charge in [0.25, 0.3) is 5.56 Å². The summed E-state index contributed by atoms with van der Waals surface area (Å²) in [7, 11) is 0. The van der Waals surface area contributed by atoms with Crippen LogP contribution in [0.25, 0.3) is 33.4 Å². The molecule has 4 aromatic heterocycles. The highest BCUT2D eigenvalue weighted by atomic mass is 19.1. The van der Waals surface area contributed by atoms with Gasteiger partial charge in [-0.3, -0.25) is 14.3 Å². The van der Waals surface area contributed by atoms with Crippen LogP contribution in [-0.4, -0.2) is 65.9 Å². The van der Waals surface area contributed by atoms with E-state index in [4.69, 9.17) is 4.74 Å². The maximum absolute atomic E-state index is 14.6. The number of fused-ring (bicyclic) bond motifs is 2. The maximum Gasteiger partial charge on any atom is 0.337 e. The van der Waals surface area contributed by atoms with Crippen molar-refractivity contribution in [1.82, 2.24) is 33.7 Å². The van der Waals surface area contributed by atoms with E-state index in [9.17, 15) is 19.1 Å². The van der Waals surface area contributed by atoms with Gasteiger partial charge < -0.3 is 19.6 Å². The molecule has 5 heterocycles. The molecule has 1 saturated heterocycles. The maximum atomic E-state index is 14.6. The number of halogens is 1. The Labute approximate surface area is 293 Å². The summed E-state index contributed by atoms with van der Waals surface area (Å²) in [6, 6.07) is 19.8. The fourth-order valence-corrected chi connectivity index (χ4v) is 7.64. The third-order valence-corrected chi connectivity index (χ3v) is 10.2. The van der Waals surface area contributed by atoms with Crippen molar-refractivity contribution >= 4 is 16.6 Å². The lowest BCUT2D eigenvalue weighted by molar-refractivity contribution is 0.140. The summed E-state index contributed by atoms with van der Waals surface area (Å²) in [5.41, 5.74) is 3.33. The zero-order chi connectivity index (χ0) is 34.9. The number of pyridine rings is 2. The monoisotopic (exact) mass is 689 g/mol. The SMILES string of the molecule is O=c1c2cc(F)cnc2n(-c2cccc(-c3ccc(O)cc3CN3CCCOCC3)c2)c(=O)n1[C@H]1CC[C@@H](NCc2ncc3ccccn23)CC1. The molecule has 2 aromatic carbocycles. The molecule has 2 N–H and O–H groups in total. The Kier molecular flexibility index (Phi) is 9.20. The molecule has 2 aliphatic rings. The van der Waals surface area contributed by atoms with Crippen LogP contribution in [0.3, 0.4) is 0 Å². The molecular formula is C39H40FN7O4. The number of rotatable bonds is 8. The average Bonchev–Trinajstić information content (AvgIpc) is 3.38. The van der Waals surface area contributed by atoms with Crippen molar-refractivity contribution in [3.63, 3.8) is 0 Å².